The van der Waals surface area contributed by atoms with Crippen LogP contribution in [0.4, 0.5) is 0 Å². The van der Waals surface area contributed by atoms with Gasteiger partial charge in [0.25, 0.3) is 0 Å². The fourth-order valence-electron chi connectivity index (χ4n) is 1.27. The Balaban J connectivity index is 2.29. The topological polar surface area (TPSA) is 55.1 Å². The zero-order valence-electron chi connectivity index (χ0n) is 9.37. The van der Waals surface area contributed by atoms with E-state index in [1.807, 2.05) is 31.2 Å². The van der Waals surface area contributed by atoms with Crippen LogP contribution in [-0.2, 0) is 11.2 Å². The predicted molar refractivity (Wildman–Crippen MR) is 66.4 cm³/mol. The van der Waals surface area contributed by atoms with Crippen molar-refractivity contribution < 1.29 is 4.79 Å². The molecule has 1 rings (SSSR count). The van der Waals surface area contributed by atoms with Crippen molar-refractivity contribution in [3.8, 4) is 0 Å². The van der Waals surface area contributed by atoms with E-state index < -0.39 is 0 Å². The third-order valence-electron chi connectivity index (χ3n) is 2.18. The molecule has 0 aromatic heterocycles. The summed E-state index contributed by atoms with van der Waals surface area (Å²) in [5, 5.41) is 3.49. The molecule has 0 bridgehead atoms. The average molecular weight is 241 g/mol. The molecule has 1 unspecified atom stereocenters. The smallest absolute Gasteiger partial charge is 0.220 e. The quantitative estimate of drug-likeness (QED) is 0.824. The number of amides is 1. The van der Waals surface area contributed by atoms with Crippen molar-refractivity contribution in [2.45, 2.75) is 25.8 Å². The third-order valence-corrected chi connectivity index (χ3v) is 2.43. The van der Waals surface area contributed by atoms with Crippen molar-refractivity contribution in [3.05, 3.63) is 34.9 Å². The van der Waals surface area contributed by atoms with Crippen molar-refractivity contribution in [3.63, 3.8) is 0 Å². The van der Waals surface area contributed by atoms with Gasteiger partial charge in [0.15, 0.2) is 0 Å². The minimum atomic E-state index is -0.000480. The Morgan fingerprint density at radius 2 is 2.06 bits per heavy atom. The van der Waals surface area contributed by atoms with Gasteiger partial charge in [-0.1, -0.05) is 23.7 Å². The number of carbonyl (C=O) groups is 1. The molecule has 0 spiro atoms. The van der Waals surface area contributed by atoms with E-state index in [1.165, 1.54) is 0 Å². The second-order valence-corrected chi connectivity index (χ2v) is 4.34. The molecule has 16 heavy (non-hydrogen) atoms. The van der Waals surface area contributed by atoms with Crippen LogP contribution in [0.5, 0.6) is 0 Å². The van der Waals surface area contributed by atoms with Crippen LogP contribution in [0, 0.1) is 0 Å². The molecule has 88 valence electrons. The number of carbonyl (C=O) groups excluding carboxylic acids is 1. The lowest BCUT2D eigenvalue weighted by Gasteiger charge is -2.07. The normalized spacial score (nSPS) is 12.2. The van der Waals surface area contributed by atoms with E-state index in [2.05, 4.69) is 5.32 Å². The fourth-order valence-corrected chi connectivity index (χ4v) is 1.40. The van der Waals surface area contributed by atoms with E-state index in [0.29, 0.717) is 18.0 Å². The highest BCUT2D eigenvalue weighted by Gasteiger charge is 2.02. The number of benzene rings is 1. The number of hydrogen-bond acceptors (Lipinski definition) is 2. The Hall–Kier alpha value is -1.06. The van der Waals surface area contributed by atoms with Gasteiger partial charge in [0.05, 0.1) is 0 Å². The summed E-state index contributed by atoms with van der Waals surface area (Å²) in [7, 11) is 0. The Kier molecular flexibility index (Phi) is 5.29. The van der Waals surface area contributed by atoms with Crippen LogP contribution in [0.1, 0.15) is 18.9 Å². The first kappa shape index (κ1) is 13.0. The van der Waals surface area contributed by atoms with Crippen LogP contribution >= 0.6 is 11.6 Å². The lowest BCUT2D eigenvalue weighted by Crippen LogP contribution is -2.35. The molecule has 0 fully saturated rings. The second-order valence-electron chi connectivity index (χ2n) is 3.91. The van der Waals surface area contributed by atoms with Crippen LogP contribution < -0.4 is 11.1 Å². The van der Waals surface area contributed by atoms with Gasteiger partial charge in [0.2, 0.25) is 5.91 Å². The van der Waals surface area contributed by atoms with E-state index in [1.54, 1.807) is 0 Å². The largest absolute Gasteiger partial charge is 0.355 e. The molecule has 3 nitrogen and oxygen atoms in total. The van der Waals surface area contributed by atoms with Gasteiger partial charge in [0.1, 0.15) is 0 Å². The van der Waals surface area contributed by atoms with Crippen LogP contribution in [0.25, 0.3) is 0 Å². The van der Waals surface area contributed by atoms with Gasteiger partial charge in [-0.15, -0.1) is 0 Å². The van der Waals surface area contributed by atoms with Gasteiger partial charge in [0, 0.05) is 24.0 Å². The minimum absolute atomic E-state index is 0.000480. The van der Waals surface area contributed by atoms with Crippen molar-refractivity contribution in [2.75, 3.05) is 6.54 Å². The molecule has 0 heterocycles. The molecule has 1 amide bonds. The maximum absolute atomic E-state index is 11.4. The number of hydrogen-bond donors (Lipinski definition) is 2. The standard InChI is InChI=1S/C12H17ClN2O/c1-9(14)8-15-12(16)7-4-10-2-5-11(13)6-3-10/h2-3,5-6,9H,4,7-8,14H2,1H3,(H,15,16). The van der Waals surface area contributed by atoms with E-state index in [0.717, 1.165) is 12.0 Å². The van der Waals surface area contributed by atoms with Crippen LogP contribution in [-0.4, -0.2) is 18.5 Å². The molecule has 1 aromatic carbocycles. The molecule has 4 heteroatoms. The molecular formula is C12H17ClN2O. The molecule has 0 saturated heterocycles. The Bertz CT molecular complexity index is 335. The van der Waals surface area contributed by atoms with Gasteiger partial charge in [-0.2, -0.15) is 0 Å². The summed E-state index contributed by atoms with van der Waals surface area (Å²) in [6.45, 7) is 2.39. The number of halogens is 1. The Morgan fingerprint density at radius 1 is 1.44 bits per heavy atom. The molecule has 0 aliphatic heterocycles. The first-order valence-corrected chi connectivity index (χ1v) is 5.72. The molecule has 0 radical (unpaired) electrons. The van der Waals surface area contributed by atoms with Crippen LogP contribution in [0.2, 0.25) is 5.02 Å². The summed E-state index contributed by atoms with van der Waals surface area (Å²) in [5.74, 6) is 0.0345. The van der Waals surface area contributed by atoms with E-state index in [-0.39, 0.29) is 11.9 Å². The highest BCUT2D eigenvalue weighted by molar-refractivity contribution is 6.30. The van der Waals surface area contributed by atoms with Crippen molar-refractivity contribution >= 4 is 17.5 Å². The fraction of sp³-hybridized carbons (Fsp3) is 0.417. The first-order valence-electron chi connectivity index (χ1n) is 5.34. The Labute approximate surface area is 101 Å². The summed E-state index contributed by atoms with van der Waals surface area (Å²) in [5.41, 5.74) is 6.65. The average Bonchev–Trinajstić information content (AvgIpc) is 2.25. The van der Waals surface area contributed by atoms with E-state index >= 15 is 0 Å². The number of nitrogens with two attached hydrogens (primary N) is 1. The summed E-state index contributed by atoms with van der Waals surface area (Å²) in [4.78, 5) is 11.4. The van der Waals surface area contributed by atoms with Crippen molar-refractivity contribution in [1.82, 2.24) is 5.32 Å². The number of nitrogens with one attached hydrogen (secondary N) is 1. The molecule has 0 saturated carbocycles. The maximum atomic E-state index is 11.4. The van der Waals surface area contributed by atoms with Gasteiger partial charge in [-0.25, -0.2) is 0 Å². The van der Waals surface area contributed by atoms with Crippen molar-refractivity contribution in [2.24, 2.45) is 5.73 Å². The lowest BCUT2D eigenvalue weighted by atomic mass is 10.1. The highest BCUT2D eigenvalue weighted by Crippen LogP contribution is 2.10. The first-order chi connectivity index (χ1) is 7.58. The van der Waals surface area contributed by atoms with Gasteiger partial charge < -0.3 is 11.1 Å². The Morgan fingerprint density at radius 3 is 2.62 bits per heavy atom. The minimum Gasteiger partial charge on any atom is -0.355 e. The summed E-state index contributed by atoms with van der Waals surface area (Å²) >= 11 is 5.77. The number of aryl methyl sites for hydroxylation is 1. The van der Waals surface area contributed by atoms with Gasteiger partial charge in [-0.05, 0) is 31.0 Å². The third kappa shape index (κ3) is 5.14. The molecule has 3 N–H and O–H groups in total. The van der Waals surface area contributed by atoms with E-state index in [9.17, 15) is 4.79 Å². The second kappa shape index (κ2) is 6.51. The lowest BCUT2D eigenvalue weighted by molar-refractivity contribution is -0.121. The zero-order valence-corrected chi connectivity index (χ0v) is 10.1. The molecular weight excluding hydrogens is 224 g/mol. The molecule has 1 atom stereocenters. The molecule has 1 aromatic rings. The van der Waals surface area contributed by atoms with Crippen molar-refractivity contribution in [1.29, 1.82) is 0 Å². The monoisotopic (exact) mass is 240 g/mol. The van der Waals surface area contributed by atoms with Crippen LogP contribution in [0.15, 0.2) is 24.3 Å². The number of rotatable bonds is 5. The zero-order chi connectivity index (χ0) is 12.0. The molecule has 0 aliphatic carbocycles. The highest BCUT2D eigenvalue weighted by atomic mass is 35.5. The summed E-state index contributed by atoms with van der Waals surface area (Å²) < 4.78 is 0. The predicted octanol–water partition coefficient (Wildman–Crippen LogP) is 1.74. The van der Waals surface area contributed by atoms with E-state index in [4.69, 9.17) is 17.3 Å². The maximum Gasteiger partial charge on any atom is 0.220 e. The van der Waals surface area contributed by atoms with Gasteiger partial charge in [-0.3, -0.25) is 4.79 Å². The summed E-state index contributed by atoms with van der Waals surface area (Å²) in [6, 6.07) is 7.52. The summed E-state index contributed by atoms with van der Waals surface area (Å²) in [6.07, 6.45) is 1.20. The SMILES string of the molecule is CC(N)CNC(=O)CCc1ccc(Cl)cc1. The van der Waals surface area contributed by atoms with Crippen LogP contribution in [0.3, 0.4) is 0 Å². The van der Waals surface area contributed by atoms with Gasteiger partial charge >= 0.3 is 0 Å². The molecule has 0 aliphatic rings.